The Labute approximate surface area is 140 Å². The second-order valence-corrected chi connectivity index (χ2v) is 5.36. The Morgan fingerprint density at radius 2 is 2.04 bits per heavy atom. The number of hydrogen-bond acceptors (Lipinski definition) is 5. The number of hydrogen-bond donors (Lipinski definition) is 2. The van der Waals surface area contributed by atoms with Crippen molar-refractivity contribution in [2.24, 2.45) is 0 Å². The minimum Gasteiger partial charge on any atom is -0.454 e. The zero-order valence-electron chi connectivity index (χ0n) is 13.0. The van der Waals surface area contributed by atoms with Gasteiger partial charge in [-0.2, -0.15) is 5.26 Å². The quantitative estimate of drug-likeness (QED) is 0.798. The number of ether oxygens (including phenoxy) is 2. The zero-order valence-corrected chi connectivity index (χ0v) is 13.0. The SMILES string of the molecule is N#Cc1cccc(NC(=O)CCNCc2ccc3c(c2)OCO3)c1. The molecule has 0 saturated heterocycles. The first-order valence-electron chi connectivity index (χ1n) is 7.64. The first-order valence-corrected chi connectivity index (χ1v) is 7.64. The highest BCUT2D eigenvalue weighted by atomic mass is 16.7. The molecule has 2 aromatic rings. The lowest BCUT2D eigenvalue weighted by molar-refractivity contribution is -0.116. The van der Waals surface area contributed by atoms with E-state index in [1.807, 2.05) is 24.3 Å². The molecule has 122 valence electrons. The number of nitrogens with one attached hydrogen (secondary N) is 2. The minimum atomic E-state index is -0.0942. The van der Waals surface area contributed by atoms with Crippen molar-refractivity contribution in [3.63, 3.8) is 0 Å². The highest BCUT2D eigenvalue weighted by Gasteiger charge is 2.12. The lowest BCUT2D eigenvalue weighted by atomic mass is 10.2. The monoisotopic (exact) mass is 323 g/mol. The van der Waals surface area contributed by atoms with Crippen molar-refractivity contribution < 1.29 is 14.3 Å². The highest BCUT2D eigenvalue weighted by Crippen LogP contribution is 2.32. The van der Waals surface area contributed by atoms with Crippen molar-refractivity contribution in [2.75, 3.05) is 18.7 Å². The fourth-order valence-electron chi connectivity index (χ4n) is 2.38. The topological polar surface area (TPSA) is 83.4 Å². The van der Waals surface area contributed by atoms with Crippen LogP contribution in [0.15, 0.2) is 42.5 Å². The van der Waals surface area contributed by atoms with Crippen LogP contribution in [0.5, 0.6) is 11.5 Å². The van der Waals surface area contributed by atoms with Crippen LogP contribution in [0.4, 0.5) is 5.69 Å². The van der Waals surface area contributed by atoms with Crippen molar-refractivity contribution in [2.45, 2.75) is 13.0 Å². The van der Waals surface area contributed by atoms with Crippen molar-refractivity contribution in [1.82, 2.24) is 5.32 Å². The van der Waals surface area contributed by atoms with Gasteiger partial charge in [-0.25, -0.2) is 0 Å². The van der Waals surface area contributed by atoms with Gasteiger partial charge in [0.25, 0.3) is 0 Å². The molecule has 1 aliphatic heterocycles. The second-order valence-electron chi connectivity index (χ2n) is 5.36. The van der Waals surface area contributed by atoms with E-state index in [0.717, 1.165) is 17.1 Å². The second kappa shape index (κ2) is 7.49. The number of carbonyl (C=O) groups is 1. The Bertz CT molecular complexity index is 783. The molecule has 0 bridgehead atoms. The van der Waals surface area contributed by atoms with Crippen molar-refractivity contribution in [1.29, 1.82) is 5.26 Å². The van der Waals surface area contributed by atoms with Crippen LogP contribution < -0.4 is 20.1 Å². The standard InChI is InChI=1S/C18H17N3O3/c19-10-13-2-1-3-15(8-13)21-18(22)6-7-20-11-14-4-5-16-17(9-14)24-12-23-16/h1-5,8-9,20H,6-7,11-12H2,(H,21,22). The number of carbonyl (C=O) groups excluding carboxylic acids is 1. The largest absolute Gasteiger partial charge is 0.454 e. The van der Waals surface area contributed by atoms with Crippen molar-refractivity contribution in [3.05, 3.63) is 53.6 Å². The Balaban J connectivity index is 1.41. The van der Waals surface area contributed by atoms with Gasteiger partial charge in [-0.05, 0) is 35.9 Å². The zero-order chi connectivity index (χ0) is 16.8. The molecule has 0 aliphatic carbocycles. The van der Waals surface area contributed by atoms with E-state index in [-0.39, 0.29) is 12.7 Å². The van der Waals surface area contributed by atoms with E-state index >= 15 is 0 Å². The molecule has 1 aliphatic rings. The average molecular weight is 323 g/mol. The van der Waals surface area contributed by atoms with E-state index in [1.165, 1.54) is 0 Å². The molecule has 3 rings (SSSR count). The van der Waals surface area contributed by atoms with Crippen LogP contribution in [-0.4, -0.2) is 19.2 Å². The smallest absolute Gasteiger partial charge is 0.231 e. The fraction of sp³-hybridized carbons (Fsp3) is 0.222. The molecule has 0 spiro atoms. The third kappa shape index (κ3) is 4.03. The number of benzene rings is 2. The third-order valence-corrected chi connectivity index (χ3v) is 3.57. The molecular formula is C18H17N3O3. The van der Waals surface area contributed by atoms with E-state index in [1.54, 1.807) is 24.3 Å². The first-order chi connectivity index (χ1) is 11.7. The Hall–Kier alpha value is -3.04. The molecule has 2 aromatic carbocycles. The number of nitrogens with zero attached hydrogens (tertiary/aromatic N) is 1. The molecule has 1 heterocycles. The lowest BCUT2D eigenvalue weighted by Gasteiger charge is -2.07. The third-order valence-electron chi connectivity index (χ3n) is 3.57. The first kappa shape index (κ1) is 15.8. The van der Waals surface area contributed by atoms with Crippen LogP contribution >= 0.6 is 0 Å². The molecule has 0 radical (unpaired) electrons. The summed E-state index contributed by atoms with van der Waals surface area (Å²) in [6.07, 6.45) is 0.349. The molecule has 0 unspecified atom stereocenters. The molecule has 6 nitrogen and oxygen atoms in total. The van der Waals surface area contributed by atoms with Crippen molar-refractivity contribution >= 4 is 11.6 Å². The molecular weight excluding hydrogens is 306 g/mol. The van der Waals surface area contributed by atoms with E-state index in [0.29, 0.717) is 30.8 Å². The summed E-state index contributed by atoms with van der Waals surface area (Å²) >= 11 is 0. The van der Waals surface area contributed by atoms with Crippen molar-refractivity contribution in [3.8, 4) is 17.6 Å². The summed E-state index contributed by atoms with van der Waals surface area (Å²) in [5.41, 5.74) is 2.23. The van der Waals surface area contributed by atoms with Gasteiger partial charge in [-0.15, -0.1) is 0 Å². The van der Waals surface area contributed by atoms with Crippen LogP contribution in [0.25, 0.3) is 0 Å². The summed E-state index contributed by atoms with van der Waals surface area (Å²) in [6, 6.07) is 14.7. The summed E-state index contributed by atoms with van der Waals surface area (Å²) in [6.45, 7) is 1.46. The molecule has 24 heavy (non-hydrogen) atoms. The highest BCUT2D eigenvalue weighted by molar-refractivity contribution is 5.90. The van der Waals surface area contributed by atoms with Crippen LogP contribution in [0.2, 0.25) is 0 Å². The normalized spacial score (nSPS) is 11.8. The van der Waals surface area contributed by atoms with Gasteiger partial charge in [0.1, 0.15) is 0 Å². The number of fused-ring (bicyclic) bond motifs is 1. The van der Waals surface area contributed by atoms with Gasteiger partial charge in [-0.1, -0.05) is 12.1 Å². The molecule has 6 heteroatoms. The molecule has 0 fully saturated rings. The van der Waals surface area contributed by atoms with E-state index in [9.17, 15) is 4.79 Å². The van der Waals surface area contributed by atoms with E-state index in [4.69, 9.17) is 14.7 Å². The molecule has 1 amide bonds. The summed E-state index contributed by atoms with van der Waals surface area (Å²) in [5, 5.41) is 14.9. The Morgan fingerprint density at radius 1 is 1.17 bits per heavy atom. The van der Waals surface area contributed by atoms with E-state index in [2.05, 4.69) is 10.6 Å². The molecule has 0 aromatic heterocycles. The molecule has 0 atom stereocenters. The lowest BCUT2D eigenvalue weighted by Crippen LogP contribution is -2.21. The Kier molecular flexibility index (Phi) is 4.94. The average Bonchev–Trinajstić information content (AvgIpc) is 3.06. The summed E-state index contributed by atoms with van der Waals surface area (Å²) in [4.78, 5) is 11.9. The number of amides is 1. The van der Waals surface area contributed by atoms with Gasteiger partial charge in [0.05, 0.1) is 11.6 Å². The maximum atomic E-state index is 11.9. The van der Waals surface area contributed by atoms with Gasteiger partial charge in [0.2, 0.25) is 12.7 Å². The summed E-state index contributed by atoms with van der Waals surface area (Å²) in [5.74, 6) is 1.42. The van der Waals surface area contributed by atoms with Gasteiger partial charge in [-0.3, -0.25) is 4.79 Å². The number of nitriles is 1. The van der Waals surface area contributed by atoms with Gasteiger partial charge >= 0.3 is 0 Å². The maximum Gasteiger partial charge on any atom is 0.231 e. The van der Waals surface area contributed by atoms with Crippen LogP contribution in [0, 0.1) is 11.3 Å². The number of rotatable bonds is 6. The number of anilines is 1. The Morgan fingerprint density at radius 3 is 2.92 bits per heavy atom. The minimum absolute atomic E-state index is 0.0942. The summed E-state index contributed by atoms with van der Waals surface area (Å²) in [7, 11) is 0. The van der Waals surface area contributed by atoms with Crippen LogP contribution in [0.1, 0.15) is 17.5 Å². The van der Waals surface area contributed by atoms with Crippen LogP contribution in [-0.2, 0) is 11.3 Å². The molecule has 0 saturated carbocycles. The molecule has 2 N–H and O–H groups in total. The van der Waals surface area contributed by atoms with Gasteiger partial charge in [0, 0.05) is 25.2 Å². The van der Waals surface area contributed by atoms with Gasteiger partial charge < -0.3 is 20.1 Å². The maximum absolute atomic E-state index is 11.9. The predicted octanol–water partition coefficient (Wildman–Crippen LogP) is 2.41. The predicted molar refractivity (Wildman–Crippen MR) is 88.7 cm³/mol. The fourth-order valence-corrected chi connectivity index (χ4v) is 2.38. The van der Waals surface area contributed by atoms with Gasteiger partial charge in [0.15, 0.2) is 11.5 Å². The summed E-state index contributed by atoms with van der Waals surface area (Å²) < 4.78 is 10.6. The van der Waals surface area contributed by atoms with Crippen LogP contribution in [0.3, 0.4) is 0 Å². The van der Waals surface area contributed by atoms with E-state index < -0.39 is 0 Å².